The van der Waals surface area contributed by atoms with E-state index in [1.807, 2.05) is 4.68 Å². The summed E-state index contributed by atoms with van der Waals surface area (Å²) in [6.45, 7) is 0.288. The lowest BCUT2D eigenvalue weighted by molar-refractivity contribution is -0.280. The second-order valence-electron chi connectivity index (χ2n) is 9.55. The highest BCUT2D eigenvalue weighted by atomic mass is 19.1. The van der Waals surface area contributed by atoms with E-state index in [-0.39, 0.29) is 18.2 Å². The smallest absolute Gasteiger partial charge is 0.343 e. The molecular weight excluding hydrogens is 461 g/mol. The highest BCUT2D eigenvalue weighted by Gasteiger charge is 2.63. The molecule has 2 N–H and O–H groups in total. The number of benzene rings is 1. The monoisotopic (exact) mass is 485 g/mol. The first-order valence-electron chi connectivity index (χ1n) is 11.8. The van der Waals surface area contributed by atoms with Crippen LogP contribution in [0.25, 0.3) is 11.3 Å². The van der Waals surface area contributed by atoms with E-state index in [2.05, 4.69) is 5.32 Å². The molecule has 1 saturated carbocycles. The van der Waals surface area contributed by atoms with Crippen molar-refractivity contribution in [1.29, 1.82) is 0 Å². The summed E-state index contributed by atoms with van der Waals surface area (Å²) in [4.78, 5) is 38.8. The van der Waals surface area contributed by atoms with Gasteiger partial charge in [-0.3, -0.25) is 19.6 Å². The number of nitrogens with zero attached hydrogens (tertiary/aromatic N) is 2. The van der Waals surface area contributed by atoms with Crippen molar-refractivity contribution in [2.45, 2.75) is 68.6 Å². The third-order valence-electron chi connectivity index (χ3n) is 7.17. The van der Waals surface area contributed by atoms with Crippen LogP contribution < -0.4 is 5.32 Å². The zero-order valence-corrected chi connectivity index (χ0v) is 18.8. The molecule has 184 valence electrons. The molecule has 2 bridgehead atoms. The Balaban J connectivity index is 1.64. The van der Waals surface area contributed by atoms with Gasteiger partial charge in [0.25, 0.3) is 0 Å². The number of halogens is 1. The minimum Gasteiger partial charge on any atom is -0.437 e. The molecule has 1 aromatic carbocycles. The van der Waals surface area contributed by atoms with Crippen LogP contribution in [0, 0.1) is 5.82 Å². The molecule has 3 atom stereocenters. The SMILES string of the molecule is O=C1CC2(O)CC(=O)OC3(OC2=O)c2c(nn(C4CCCC4)c2-c2ccc(F)cc2)CCNC3O1. The van der Waals surface area contributed by atoms with Gasteiger partial charge in [-0.15, -0.1) is 0 Å². The fourth-order valence-corrected chi connectivity index (χ4v) is 5.55. The minimum atomic E-state index is -2.41. The van der Waals surface area contributed by atoms with Gasteiger partial charge in [0.2, 0.25) is 6.23 Å². The molecule has 1 aliphatic carbocycles. The predicted octanol–water partition coefficient (Wildman–Crippen LogP) is 1.60. The Morgan fingerprint density at radius 3 is 2.51 bits per heavy atom. The Morgan fingerprint density at radius 1 is 1.06 bits per heavy atom. The molecule has 3 aliphatic heterocycles. The summed E-state index contributed by atoms with van der Waals surface area (Å²) in [5, 5.41) is 18.7. The second kappa shape index (κ2) is 7.85. The molecule has 0 radical (unpaired) electrons. The summed E-state index contributed by atoms with van der Waals surface area (Å²) in [5.74, 6) is -5.60. The molecule has 11 heteroatoms. The number of aliphatic hydroxyl groups is 1. The summed E-state index contributed by atoms with van der Waals surface area (Å²) >= 11 is 0. The van der Waals surface area contributed by atoms with Crippen molar-refractivity contribution in [3.8, 4) is 11.3 Å². The van der Waals surface area contributed by atoms with Gasteiger partial charge in [0.15, 0.2) is 5.60 Å². The highest BCUT2D eigenvalue weighted by molar-refractivity contribution is 5.92. The van der Waals surface area contributed by atoms with Crippen molar-refractivity contribution >= 4 is 17.9 Å². The number of carbonyl (C=O) groups excluding carboxylic acids is 3. The van der Waals surface area contributed by atoms with Crippen LogP contribution in [0.1, 0.15) is 55.8 Å². The largest absolute Gasteiger partial charge is 0.437 e. The molecule has 2 aromatic rings. The minimum absolute atomic E-state index is 0.0370. The van der Waals surface area contributed by atoms with Gasteiger partial charge < -0.3 is 19.3 Å². The molecule has 1 spiro atoms. The Labute approximate surface area is 199 Å². The summed E-state index contributed by atoms with van der Waals surface area (Å²) in [6.07, 6.45) is 1.27. The summed E-state index contributed by atoms with van der Waals surface area (Å²) < 4.78 is 32.8. The zero-order chi connectivity index (χ0) is 24.4. The second-order valence-corrected chi connectivity index (χ2v) is 9.55. The lowest BCUT2D eigenvalue weighted by atomic mass is 9.94. The van der Waals surface area contributed by atoms with Crippen molar-refractivity contribution in [1.82, 2.24) is 15.1 Å². The first kappa shape index (κ1) is 22.2. The third-order valence-corrected chi connectivity index (χ3v) is 7.17. The molecule has 3 fully saturated rings. The average Bonchev–Trinajstić information content (AvgIpc) is 3.41. The number of carbonyl (C=O) groups is 3. The lowest BCUT2D eigenvalue weighted by Gasteiger charge is -2.38. The first-order valence-corrected chi connectivity index (χ1v) is 11.8. The molecular formula is C24H24FN3O7. The van der Waals surface area contributed by atoms with E-state index < -0.39 is 54.2 Å². The van der Waals surface area contributed by atoms with Gasteiger partial charge in [-0.25, -0.2) is 9.18 Å². The molecule has 4 heterocycles. The van der Waals surface area contributed by atoms with Crippen LogP contribution in [-0.2, 0) is 40.8 Å². The van der Waals surface area contributed by atoms with Crippen LogP contribution in [0.15, 0.2) is 24.3 Å². The van der Waals surface area contributed by atoms with Gasteiger partial charge in [0.05, 0.1) is 35.8 Å². The van der Waals surface area contributed by atoms with Crippen molar-refractivity contribution < 1.29 is 38.1 Å². The summed E-state index contributed by atoms with van der Waals surface area (Å²) in [6, 6.07) is 5.80. The van der Waals surface area contributed by atoms with Gasteiger partial charge in [-0.05, 0) is 37.1 Å². The van der Waals surface area contributed by atoms with Crippen LogP contribution in [0.5, 0.6) is 0 Å². The molecule has 35 heavy (non-hydrogen) atoms. The van der Waals surface area contributed by atoms with E-state index in [1.165, 1.54) is 12.1 Å². The van der Waals surface area contributed by atoms with E-state index in [1.54, 1.807) is 12.1 Å². The van der Waals surface area contributed by atoms with E-state index in [9.17, 15) is 23.9 Å². The molecule has 3 unspecified atom stereocenters. The number of hydrogen-bond donors (Lipinski definition) is 2. The molecule has 10 nitrogen and oxygen atoms in total. The quantitative estimate of drug-likeness (QED) is 0.610. The Morgan fingerprint density at radius 2 is 1.77 bits per heavy atom. The third kappa shape index (κ3) is 3.44. The predicted molar refractivity (Wildman–Crippen MR) is 115 cm³/mol. The topological polar surface area (TPSA) is 129 Å². The normalized spacial score (nSPS) is 30.8. The van der Waals surface area contributed by atoms with Crippen molar-refractivity contribution in [2.24, 2.45) is 0 Å². The van der Waals surface area contributed by atoms with Crippen LogP contribution in [-0.4, -0.2) is 51.2 Å². The molecule has 0 amide bonds. The molecule has 1 aromatic heterocycles. The standard InChI is InChI=1S/C24H24FN3O7/c25-14-7-5-13(6-8-14)20-19-16(27-28(20)15-3-1-2-4-15)9-10-26-21-24(19)34-18(30)12-23(32,22(31)35-24)11-17(29)33-21/h5-8,15,21,26,32H,1-4,9-12H2. The Kier molecular flexibility index (Phi) is 4.98. The Hall–Kier alpha value is -3.31. The van der Waals surface area contributed by atoms with Gasteiger partial charge in [0.1, 0.15) is 5.82 Å². The maximum Gasteiger partial charge on any atom is 0.343 e. The maximum absolute atomic E-state index is 13.8. The fraction of sp³-hybridized carbons (Fsp3) is 0.500. The van der Waals surface area contributed by atoms with Gasteiger partial charge in [-0.1, -0.05) is 12.8 Å². The van der Waals surface area contributed by atoms with Crippen LogP contribution >= 0.6 is 0 Å². The number of ether oxygens (including phenoxy) is 3. The fourth-order valence-electron chi connectivity index (χ4n) is 5.55. The summed E-state index contributed by atoms with van der Waals surface area (Å²) in [5.41, 5.74) is -0.599. The first-order chi connectivity index (χ1) is 16.8. The number of nitrogens with one attached hydrogen (secondary N) is 1. The van der Waals surface area contributed by atoms with Crippen LogP contribution in [0.2, 0.25) is 0 Å². The number of fused-ring (bicyclic) bond motifs is 3. The van der Waals surface area contributed by atoms with E-state index in [0.29, 0.717) is 23.4 Å². The molecule has 6 rings (SSSR count). The number of aromatic nitrogens is 2. The Bertz CT molecular complexity index is 1220. The molecule has 4 aliphatic rings. The van der Waals surface area contributed by atoms with Crippen LogP contribution in [0.4, 0.5) is 4.39 Å². The number of rotatable bonds is 2. The van der Waals surface area contributed by atoms with E-state index in [0.717, 1.165) is 25.7 Å². The van der Waals surface area contributed by atoms with Gasteiger partial charge in [0, 0.05) is 18.5 Å². The summed E-state index contributed by atoms with van der Waals surface area (Å²) in [7, 11) is 0. The lowest BCUT2D eigenvalue weighted by Crippen LogP contribution is -2.57. The average molecular weight is 485 g/mol. The van der Waals surface area contributed by atoms with Crippen molar-refractivity contribution in [3.05, 3.63) is 41.3 Å². The highest BCUT2D eigenvalue weighted by Crippen LogP contribution is 2.48. The number of esters is 3. The van der Waals surface area contributed by atoms with Crippen molar-refractivity contribution in [2.75, 3.05) is 6.54 Å². The van der Waals surface area contributed by atoms with Crippen LogP contribution in [0.3, 0.4) is 0 Å². The maximum atomic E-state index is 13.8. The van der Waals surface area contributed by atoms with E-state index >= 15 is 0 Å². The zero-order valence-electron chi connectivity index (χ0n) is 18.8. The van der Waals surface area contributed by atoms with E-state index in [4.69, 9.17) is 19.3 Å². The van der Waals surface area contributed by atoms with Gasteiger partial charge >= 0.3 is 23.7 Å². The van der Waals surface area contributed by atoms with Crippen molar-refractivity contribution in [3.63, 3.8) is 0 Å². The molecule has 2 saturated heterocycles. The van der Waals surface area contributed by atoms with Gasteiger partial charge in [-0.2, -0.15) is 5.10 Å². The number of hydrogen-bond acceptors (Lipinski definition) is 9.